The van der Waals surface area contributed by atoms with Crippen LogP contribution in [0.5, 0.6) is 5.75 Å². The molecule has 162 valence electrons. The van der Waals surface area contributed by atoms with Gasteiger partial charge in [-0.2, -0.15) is 0 Å². The standard InChI is InChI=1S/C22H34ClN3O3/c1-5-7-18(24-20(27)15-29-19-10-8-16(23)9-11-19)14-17(6-2)25-21(28)22(12-13-22)26(3)4/h8-11,17-18H,5-7,12-15H2,1-4H3,(H,24,27)(H,25,28). The molecule has 2 unspecified atom stereocenters. The van der Waals surface area contributed by atoms with Crippen LogP contribution in [-0.2, 0) is 9.59 Å². The van der Waals surface area contributed by atoms with Crippen LogP contribution in [-0.4, -0.2) is 55.0 Å². The molecule has 0 aliphatic heterocycles. The lowest BCUT2D eigenvalue weighted by Crippen LogP contribution is -2.51. The summed E-state index contributed by atoms with van der Waals surface area (Å²) in [5.74, 6) is 0.544. The molecule has 2 rings (SSSR count). The van der Waals surface area contributed by atoms with E-state index in [9.17, 15) is 9.59 Å². The third kappa shape index (κ3) is 6.89. The third-order valence-corrected chi connectivity index (χ3v) is 5.84. The summed E-state index contributed by atoms with van der Waals surface area (Å²) < 4.78 is 5.53. The minimum Gasteiger partial charge on any atom is -0.484 e. The molecule has 1 aromatic carbocycles. The second kappa shape index (κ2) is 10.8. The van der Waals surface area contributed by atoms with Crippen LogP contribution in [0.25, 0.3) is 0 Å². The topological polar surface area (TPSA) is 70.7 Å². The van der Waals surface area contributed by atoms with E-state index in [1.54, 1.807) is 24.3 Å². The average Bonchev–Trinajstić information content (AvgIpc) is 3.49. The molecular formula is C22H34ClN3O3. The second-order valence-corrected chi connectivity index (χ2v) is 8.47. The van der Waals surface area contributed by atoms with E-state index < -0.39 is 0 Å². The zero-order chi connectivity index (χ0) is 21.4. The Morgan fingerprint density at radius 3 is 2.31 bits per heavy atom. The first-order chi connectivity index (χ1) is 13.8. The summed E-state index contributed by atoms with van der Waals surface area (Å²) in [5, 5.41) is 6.89. The Hall–Kier alpha value is -1.79. The van der Waals surface area contributed by atoms with Gasteiger partial charge in [0.1, 0.15) is 5.75 Å². The fourth-order valence-corrected chi connectivity index (χ4v) is 3.66. The first-order valence-corrected chi connectivity index (χ1v) is 10.8. The van der Waals surface area contributed by atoms with Gasteiger partial charge in [-0.15, -0.1) is 0 Å². The predicted octanol–water partition coefficient (Wildman–Crippen LogP) is 3.38. The first-order valence-electron chi connectivity index (χ1n) is 10.5. The Morgan fingerprint density at radius 1 is 1.14 bits per heavy atom. The third-order valence-electron chi connectivity index (χ3n) is 5.59. The van der Waals surface area contributed by atoms with E-state index in [0.717, 1.165) is 32.1 Å². The Balaban J connectivity index is 1.85. The summed E-state index contributed by atoms with van der Waals surface area (Å²) in [6.45, 7) is 4.11. The summed E-state index contributed by atoms with van der Waals surface area (Å²) in [6.07, 6.45) is 5.16. The van der Waals surface area contributed by atoms with Crippen LogP contribution >= 0.6 is 11.6 Å². The number of likely N-dealkylation sites (N-methyl/N-ethyl adjacent to an activating group) is 1. The van der Waals surface area contributed by atoms with Crippen molar-refractivity contribution in [1.29, 1.82) is 0 Å². The lowest BCUT2D eigenvalue weighted by Gasteiger charge is -2.28. The van der Waals surface area contributed by atoms with Crippen LogP contribution in [0.15, 0.2) is 24.3 Å². The fourth-order valence-electron chi connectivity index (χ4n) is 3.53. The van der Waals surface area contributed by atoms with E-state index in [0.29, 0.717) is 17.2 Å². The zero-order valence-corrected chi connectivity index (χ0v) is 18.7. The molecule has 1 aromatic rings. The number of hydrogen-bond donors (Lipinski definition) is 2. The van der Waals surface area contributed by atoms with Crippen molar-refractivity contribution in [2.75, 3.05) is 20.7 Å². The Morgan fingerprint density at radius 2 is 1.79 bits per heavy atom. The van der Waals surface area contributed by atoms with E-state index in [1.807, 2.05) is 19.0 Å². The highest BCUT2D eigenvalue weighted by Crippen LogP contribution is 2.40. The molecule has 0 saturated heterocycles. The van der Waals surface area contributed by atoms with Gasteiger partial charge in [-0.05, 0) is 70.5 Å². The van der Waals surface area contributed by atoms with Crippen molar-refractivity contribution in [3.05, 3.63) is 29.3 Å². The van der Waals surface area contributed by atoms with E-state index in [2.05, 4.69) is 24.5 Å². The van der Waals surface area contributed by atoms with E-state index in [1.165, 1.54) is 0 Å². The van der Waals surface area contributed by atoms with Crippen molar-refractivity contribution < 1.29 is 14.3 Å². The van der Waals surface area contributed by atoms with Crippen molar-refractivity contribution >= 4 is 23.4 Å². The molecule has 1 saturated carbocycles. The van der Waals surface area contributed by atoms with Gasteiger partial charge in [0, 0.05) is 17.1 Å². The molecule has 1 fully saturated rings. The fraction of sp³-hybridized carbons (Fsp3) is 0.636. The Labute approximate surface area is 179 Å². The summed E-state index contributed by atoms with van der Waals surface area (Å²) in [5.41, 5.74) is -0.344. The van der Waals surface area contributed by atoms with Gasteiger partial charge in [-0.25, -0.2) is 0 Å². The van der Waals surface area contributed by atoms with Crippen molar-refractivity contribution in [3.63, 3.8) is 0 Å². The maximum absolute atomic E-state index is 12.7. The number of benzene rings is 1. The number of amides is 2. The van der Waals surface area contributed by atoms with Gasteiger partial charge >= 0.3 is 0 Å². The molecule has 2 atom stereocenters. The number of nitrogens with one attached hydrogen (secondary N) is 2. The largest absolute Gasteiger partial charge is 0.484 e. The van der Waals surface area contributed by atoms with Crippen LogP contribution in [0, 0.1) is 0 Å². The van der Waals surface area contributed by atoms with E-state index in [-0.39, 0.29) is 36.0 Å². The van der Waals surface area contributed by atoms with E-state index >= 15 is 0 Å². The predicted molar refractivity (Wildman–Crippen MR) is 116 cm³/mol. The minimum absolute atomic E-state index is 0.000997. The maximum Gasteiger partial charge on any atom is 0.258 e. The molecule has 1 aliphatic rings. The number of rotatable bonds is 12. The van der Waals surface area contributed by atoms with Crippen molar-refractivity contribution in [2.45, 2.75) is 70.0 Å². The molecule has 0 spiro atoms. The van der Waals surface area contributed by atoms with Crippen LogP contribution in [0.2, 0.25) is 5.02 Å². The molecule has 6 nitrogen and oxygen atoms in total. The number of nitrogens with zero attached hydrogens (tertiary/aromatic N) is 1. The average molecular weight is 424 g/mol. The van der Waals surface area contributed by atoms with Crippen molar-refractivity contribution in [2.24, 2.45) is 0 Å². The second-order valence-electron chi connectivity index (χ2n) is 8.04. The smallest absolute Gasteiger partial charge is 0.258 e. The molecule has 7 heteroatoms. The zero-order valence-electron chi connectivity index (χ0n) is 18.0. The molecule has 0 radical (unpaired) electrons. The highest BCUT2D eigenvalue weighted by atomic mass is 35.5. The molecular weight excluding hydrogens is 390 g/mol. The van der Waals surface area contributed by atoms with Crippen LogP contribution in [0.4, 0.5) is 0 Å². The van der Waals surface area contributed by atoms with Gasteiger partial charge in [0.15, 0.2) is 6.61 Å². The van der Waals surface area contributed by atoms with Gasteiger partial charge in [0.25, 0.3) is 5.91 Å². The number of carbonyl (C=O) groups excluding carboxylic acids is 2. The first kappa shape index (κ1) is 23.5. The van der Waals surface area contributed by atoms with Gasteiger partial charge in [0.2, 0.25) is 5.91 Å². The number of carbonyl (C=O) groups is 2. The van der Waals surface area contributed by atoms with Crippen LogP contribution < -0.4 is 15.4 Å². The van der Waals surface area contributed by atoms with Gasteiger partial charge in [-0.3, -0.25) is 14.5 Å². The highest BCUT2D eigenvalue weighted by Gasteiger charge is 2.52. The summed E-state index contributed by atoms with van der Waals surface area (Å²) in [7, 11) is 3.91. The number of halogens is 1. The molecule has 0 bridgehead atoms. The molecule has 0 aromatic heterocycles. The lowest BCUT2D eigenvalue weighted by molar-refractivity contribution is -0.127. The monoisotopic (exact) mass is 423 g/mol. The van der Waals surface area contributed by atoms with Gasteiger partial charge in [0.05, 0.1) is 5.54 Å². The minimum atomic E-state index is -0.344. The summed E-state index contributed by atoms with van der Waals surface area (Å²) in [6, 6.07) is 6.96. The maximum atomic E-state index is 12.7. The van der Waals surface area contributed by atoms with Crippen LogP contribution in [0.3, 0.4) is 0 Å². The van der Waals surface area contributed by atoms with Crippen LogP contribution in [0.1, 0.15) is 52.4 Å². The molecule has 29 heavy (non-hydrogen) atoms. The lowest BCUT2D eigenvalue weighted by atomic mass is 10.00. The summed E-state index contributed by atoms with van der Waals surface area (Å²) in [4.78, 5) is 27.1. The quantitative estimate of drug-likeness (QED) is 0.540. The normalized spacial score (nSPS) is 16.8. The summed E-state index contributed by atoms with van der Waals surface area (Å²) >= 11 is 5.86. The molecule has 2 amide bonds. The Bertz CT molecular complexity index is 674. The number of ether oxygens (including phenoxy) is 1. The molecule has 0 heterocycles. The van der Waals surface area contributed by atoms with Crippen molar-refractivity contribution in [3.8, 4) is 5.75 Å². The van der Waals surface area contributed by atoms with Gasteiger partial charge in [-0.1, -0.05) is 31.9 Å². The Kier molecular flexibility index (Phi) is 8.78. The molecule has 2 N–H and O–H groups in total. The number of hydrogen-bond acceptors (Lipinski definition) is 4. The van der Waals surface area contributed by atoms with E-state index in [4.69, 9.17) is 16.3 Å². The highest BCUT2D eigenvalue weighted by molar-refractivity contribution is 6.30. The van der Waals surface area contributed by atoms with Gasteiger partial charge < -0.3 is 15.4 Å². The SMILES string of the molecule is CCCC(CC(CC)NC(=O)C1(N(C)C)CC1)NC(=O)COc1ccc(Cl)cc1. The van der Waals surface area contributed by atoms with Crippen molar-refractivity contribution in [1.82, 2.24) is 15.5 Å². The molecule has 1 aliphatic carbocycles.